The summed E-state index contributed by atoms with van der Waals surface area (Å²) in [6, 6.07) is 11.3. The van der Waals surface area contributed by atoms with Crippen molar-refractivity contribution in [3.05, 3.63) is 54.5 Å². The molecule has 4 aromatic rings. The third kappa shape index (κ3) is 6.25. The first-order valence-corrected chi connectivity index (χ1v) is 12.4. The maximum Gasteiger partial charge on any atom is 0.397 e. The van der Waals surface area contributed by atoms with E-state index in [1.807, 2.05) is 37.3 Å². The molecule has 0 aliphatic carbocycles. The first-order chi connectivity index (χ1) is 18.7. The van der Waals surface area contributed by atoms with Crippen LogP contribution < -0.4 is 10.1 Å². The summed E-state index contributed by atoms with van der Waals surface area (Å²) in [4.78, 5) is 36.0. The number of carbonyl (C=O) groups excluding carboxylic acids is 1. The number of methoxy groups -OCH3 is 1. The molecular weight excluding hydrogens is 513 g/mol. The summed E-state index contributed by atoms with van der Waals surface area (Å²) in [5.41, 5.74) is 4.17. The summed E-state index contributed by atoms with van der Waals surface area (Å²) in [6.07, 6.45) is -2.76. The number of nitrogens with zero attached hydrogens (tertiary/aromatic N) is 6. The lowest BCUT2D eigenvalue weighted by molar-refractivity contribution is -0.162. The normalized spacial score (nSPS) is 15.4. The average molecular weight is 541 g/mol. The first kappa shape index (κ1) is 26.4. The van der Waals surface area contributed by atoms with Crippen LogP contribution in [0.15, 0.2) is 48.9 Å². The molecule has 0 spiro atoms. The fourth-order valence-electron chi connectivity index (χ4n) is 4.59. The molecule has 5 rings (SSSR count). The Kier molecular flexibility index (Phi) is 7.33. The Hall–Kier alpha value is -4.26. The summed E-state index contributed by atoms with van der Waals surface area (Å²) < 4.78 is 42.9. The van der Waals surface area contributed by atoms with Gasteiger partial charge in [-0.1, -0.05) is 6.07 Å². The van der Waals surface area contributed by atoms with Crippen molar-refractivity contribution < 1.29 is 22.7 Å². The number of carbonyl (C=O) groups is 1. The van der Waals surface area contributed by atoms with Gasteiger partial charge in [0.1, 0.15) is 18.6 Å². The molecule has 0 unspecified atom stereocenters. The van der Waals surface area contributed by atoms with Crippen LogP contribution in [0.2, 0.25) is 0 Å². The number of fused-ring (bicyclic) bond motifs is 1. The number of ether oxygens (including phenoxy) is 1. The number of hydrogen-bond acceptors (Lipinski definition) is 8. The van der Waals surface area contributed by atoms with Gasteiger partial charge in [-0.05, 0) is 36.8 Å². The van der Waals surface area contributed by atoms with Gasteiger partial charge in [-0.2, -0.15) is 13.2 Å². The summed E-state index contributed by atoms with van der Waals surface area (Å²) in [5, 5.41) is 3.21. The summed E-state index contributed by atoms with van der Waals surface area (Å²) in [7, 11) is 1.55. The van der Waals surface area contributed by atoms with E-state index in [9.17, 15) is 18.0 Å². The van der Waals surface area contributed by atoms with E-state index >= 15 is 0 Å². The van der Waals surface area contributed by atoms with Gasteiger partial charge in [0.05, 0.1) is 23.8 Å². The molecule has 3 aromatic heterocycles. The molecule has 10 nitrogen and oxygen atoms in total. The highest BCUT2D eigenvalue weighted by Crippen LogP contribution is 2.28. The number of anilines is 2. The lowest BCUT2D eigenvalue weighted by atomic mass is 10.1. The molecule has 0 saturated carbocycles. The molecule has 1 fully saturated rings. The quantitative estimate of drug-likeness (QED) is 0.357. The predicted octanol–water partition coefficient (Wildman–Crippen LogP) is 4.32. The van der Waals surface area contributed by atoms with Gasteiger partial charge in [0.15, 0.2) is 0 Å². The van der Waals surface area contributed by atoms with E-state index < -0.39 is 18.5 Å². The molecule has 4 heterocycles. The number of imidazole rings is 1. The molecule has 2 N–H and O–H groups in total. The number of H-pyrrole nitrogens is 1. The minimum Gasteiger partial charge on any atom is -0.481 e. The van der Waals surface area contributed by atoms with Crippen molar-refractivity contribution in [2.45, 2.75) is 25.6 Å². The second-order valence-corrected chi connectivity index (χ2v) is 9.25. The van der Waals surface area contributed by atoms with E-state index in [2.05, 4.69) is 35.1 Å². The van der Waals surface area contributed by atoms with Crippen molar-refractivity contribution in [3.63, 3.8) is 0 Å². The topological polar surface area (TPSA) is 112 Å². The zero-order chi connectivity index (χ0) is 27.6. The molecule has 204 valence electrons. The number of hydrogen-bond donors (Lipinski definition) is 2. The van der Waals surface area contributed by atoms with Gasteiger partial charge in [-0.15, -0.1) is 0 Å². The lowest BCUT2D eigenvalue weighted by Crippen LogP contribution is -2.50. The number of nitrogens with one attached hydrogen (secondary N) is 2. The van der Waals surface area contributed by atoms with Crippen molar-refractivity contribution in [1.29, 1.82) is 0 Å². The van der Waals surface area contributed by atoms with Crippen molar-refractivity contribution >= 4 is 28.7 Å². The second-order valence-electron chi connectivity index (χ2n) is 9.25. The Balaban J connectivity index is 1.25. The van der Waals surface area contributed by atoms with E-state index in [0.717, 1.165) is 27.9 Å². The fourth-order valence-corrected chi connectivity index (χ4v) is 4.59. The van der Waals surface area contributed by atoms with Gasteiger partial charge in [0.2, 0.25) is 17.7 Å². The first-order valence-electron chi connectivity index (χ1n) is 12.4. The number of benzene rings is 1. The van der Waals surface area contributed by atoms with E-state index in [4.69, 9.17) is 4.74 Å². The van der Waals surface area contributed by atoms with Crippen LogP contribution in [0.4, 0.5) is 24.9 Å². The third-order valence-corrected chi connectivity index (χ3v) is 6.71. The van der Waals surface area contributed by atoms with E-state index in [0.29, 0.717) is 30.7 Å². The maximum atomic E-state index is 12.6. The summed E-state index contributed by atoms with van der Waals surface area (Å²) in [5.74, 6) is 0.721. The average Bonchev–Trinajstić information content (AvgIpc) is 3.33. The van der Waals surface area contributed by atoms with E-state index in [1.165, 1.54) is 11.2 Å². The van der Waals surface area contributed by atoms with Gasteiger partial charge in [-0.25, -0.2) is 19.9 Å². The van der Waals surface area contributed by atoms with Gasteiger partial charge in [0, 0.05) is 50.0 Å². The van der Waals surface area contributed by atoms with Crippen molar-refractivity contribution in [2.24, 2.45) is 0 Å². The third-order valence-electron chi connectivity index (χ3n) is 6.71. The molecule has 39 heavy (non-hydrogen) atoms. The second kappa shape index (κ2) is 10.8. The Morgan fingerprint density at radius 3 is 2.64 bits per heavy atom. The number of amides is 1. The zero-order valence-corrected chi connectivity index (χ0v) is 21.4. The molecule has 1 aliphatic heterocycles. The molecule has 1 aliphatic rings. The van der Waals surface area contributed by atoms with Gasteiger partial charge >= 0.3 is 6.18 Å². The van der Waals surface area contributed by atoms with Gasteiger partial charge in [0.25, 0.3) is 0 Å². The van der Waals surface area contributed by atoms with E-state index in [1.54, 1.807) is 19.4 Å². The van der Waals surface area contributed by atoms with Crippen LogP contribution in [-0.4, -0.2) is 80.1 Å². The number of alkyl halides is 3. The number of halogens is 3. The van der Waals surface area contributed by atoms with Gasteiger partial charge in [-0.3, -0.25) is 9.69 Å². The number of piperazine rings is 1. The number of rotatable bonds is 7. The zero-order valence-electron chi connectivity index (χ0n) is 21.4. The highest BCUT2D eigenvalue weighted by molar-refractivity contribution is 5.83. The molecular formula is C26H27F3N8O2. The lowest BCUT2D eigenvalue weighted by Gasteiger charge is -2.38. The Morgan fingerprint density at radius 2 is 1.90 bits per heavy atom. The Morgan fingerprint density at radius 1 is 1.10 bits per heavy atom. The van der Waals surface area contributed by atoms with Gasteiger partial charge < -0.3 is 19.9 Å². The minimum atomic E-state index is -4.49. The Labute approximate surface area is 222 Å². The SMILES string of the molecule is COc1cc(-c2ccc3nc(Nc4cc([C@@H](C)N5CCN(C(=O)CC(F)(F)F)CC5)ccn4)[nH]c3c2)ncn1. The number of pyridine rings is 1. The molecule has 1 atom stereocenters. The largest absolute Gasteiger partial charge is 0.481 e. The smallest absolute Gasteiger partial charge is 0.397 e. The van der Waals surface area contributed by atoms with Crippen LogP contribution in [0.5, 0.6) is 5.88 Å². The van der Waals surface area contributed by atoms with Crippen molar-refractivity contribution in [3.8, 4) is 17.1 Å². The van der Waals surface area contributed by atoms with Crippen LogP contribution in [0.3, 0.4) is 0 Å². The van der Waals surface area contributed by atoms with E-state index in [-0.39, 0.29) is 19.1 Å². The van der Waals surface area contributed by atoms with Crippen LogP contribution >= 0.6 is 0 Å². The van der Waals surface area contributed by atoms with Crippen molar-refractivity contribution in [1.82, 2.24) is 34.7 Å². The minimum absolute atomic E-state index is 0.0171. The molecule has 0 radical (unpaired) electrons. The van der Waals surface area contributed by atoms with Crippen LogP contribution in [0, 0.1) is 0 Å². The highest BCUT2D eigenvalue weighted by Gasteiger charge is 2.35. The van der Waals surface area contributed by atoms with Crippen LogP contribution in [0.25, 0.3) is 22.3 Å². The summed E-state index contributed by atoms with van der Waals surface area (Å²) >= 11 is 0. The molecule has 1 amide bonds. The molecule has 1 aromatic carbocycles. The van der Waals surface area contributed by atoms with Crippen LogP contribution in [-0.2, 0) is 4.79 Å². The maximum absolute atomic E-state index is 12.6. The van der Waals surface area contributed by atoms with Crippen molar-refractivity contribution in [2.75, 3.05) is 38.6 Å². The highest BCUT2D eigenvalue weighted by atomic mass is 19.4. The fraction of sp³-hybridized carbons (Fsp3) is 0.346. The number of aromatic nitrogens is 5. The number of aromatic amines is 1. The molecule has 13 heteroatoms. The summed E-state index contributed by atoms with van der Waals surface area (Å²) in [6.45, 7) is 3.52. The predicted molar refractivity (Wildman–Crippen MR) is 138 cm³/mol. The van der Waals surface area contributed by atoms with Crippen LogP contribution in [0.1, 0.15) is 24.9 Å². The molecule has 1 saturated heterocycles. The monoisotopic (exact) mass is 540 g/mol. The standard InChI is InChI=1S/C26H27F3N8O2/c1-16(36-7-9-37(10-8-36)24(38)14-26(27,28)29)17-5-6-30-22(12-17)35-25-33-19-4-3-18(11-21(19)34-25)20-13-23(39-2)32-15-31-20/h3-6,11-13,15-16H,7-10,14H2,1-2H3,(H2,30,33,34,35)/t16-/m1/s1. The molecule has 0 bridgehead atoms. The Bertz CT molecular complexity index is 1470.